The summed E-state index contributed by atoms with van der Waals surface area (Å²) < 4.78 is 0. The average molecular weight is 276 g/mol. The Kier molecular flexibility index (Phi) is 4.30. The molecule has 1 saturated carbocycles. The molecule has 2 aromatic rings. The molecular weight excluding hydrogens is 256 g/mol. The normalized spacial score (nSPS) is 14.8. The Morgan fingerprint density at radius 2 is 1.38 bits per heavy atom. The molecule has 0 unspecified atom stereocenters. The summed E-state index contributed by atoms with van der Waals surface area (Å²) in [6, 6.07) is 18.2. The number of rotatable bonds is 3. The number of ketones is 1. The summed E-state index contributed by atoms with van der Waals surface area (Å²) in [6.45, 7) is 0. The summed E-state index contributed by atoms with van der Waals surface area (Å²) in [5, 5.41) is 0. The average Bonchev–Trinajstić information content (AvgIpc) is 2.57. The number of hydrogen-bond donors (Lipinski definition) is 0. The minimum atomic E-state index is 0.145. The molecule has 0 amide bonds. The molecule has 2 aromatic carbocycles. The van der Waals surface area contributed by atoms with E-state index in [9.17, 15) is 4.79 Å². The summed E-state index contributed by atoms with van der Waals surface area (Å²) in [5.41, 5.74) is 4.44. The van der Waals surface area contributed by atoms with Gasteiger partial charge in [0.15, 0.2) is 5.78 Å². The Bertz CT molecular complexity index is 627. The molecule has 21 heavy (non-hydrogen) atoms. The number of carbonyl (C=O) groups is 1. The van der Waals surface area contributed by atoms with Crippen LogP contribution in [-0.2, 0) is 0 Å². The van der Waals surface area contributed by atoms with Gasteiger partial charge in [0.1, 0.15) is 0 Å². The smallest absolute Gasteiger partial charge is 0.185 e. The largest absolute Gasteiger partial charge is 0.289 e. The highest BCUT2D eigenvalue weighted by Gasteiger charge is 2.09. The molecule has 1 aliphatic carbocycles. The number of carbonyl (C=O) groups excluding carboxylic acids is 1. The molecule has 106 valence electrons. The maximum Gasteiger partial charge on any atom is 0.185 e. The zero-order chi connectivity index (χ0) is 14.5. The van der Waals surface area contributed by atoms with Crippen LogP contribution in [0.2, 0.25) is 0 Å². The van der Waals surface area contributed by atoms with Gasteiger partial charge in [0, 0.05) is 5.56 Å². The number of allylic oxidation sites excluding steroid dienone is 2. The Hall–Kier alpha value is -2.15. The predicted molar refractivity (Wildman–Crippen MR) is 87.4 cm³/mol. The predicted octanol–water partition coefficient (Wildman–Crippen LogP) is 5.43. The van der Waals surface area contributed by atoms with Crippen LogP contribution in [0.3, 0.4) is 0 Å². The zero-order valence-corrected chi connectivity index (χ0v) is 12.2. The quantitative estimate of drug-likeness (QED) is 0.540. The fourth-order valence-corrected chi connectivity index (χ4v) is 2.88. The van der Waals surface area contributed by atoms with E-state index in [1.807, 2.05) is 48.5 Å². The van der Waals surface area contributed by atoms with Crippen molar-refractivity contribution in [3.63, 3.8) is 0 Å². The second-order valence-electron chi connectivity index (χ2n) is 5.67. The van der Waals surface area contributed by atoms with Crippen LogP contribution in [0, 0.1) is 0 Å². The van der Waals surface area contributed by atoms with Crippen LogP contribution in [0.5, 0.6) is 0 Å². The van der Waals surface area contributed by atoms with Crippen molar-refractivity contribution in [2.45, 2.75) is 32.1 Å². The van der Waals surface area contributed by atoms with Gasteiger partial charge in [-0.05, 0) is 42.9 Å². The van der Waals surface area contributed by atoms with Gasteiger partial charge in [0.25, 0.3) is 0 Å². The molecule has 0 saturated heterocycles. The first-order valence-corrected chi connectivity index (χ1v) is 7.72. The first-order valence-electron chi connectivity index (χ1n) is 7.72. The maximum atomic E-state index is 12.3. The number of benzene rings is 2. The van der Waals surface area contributed by atoms with Crippen molar-refractivity contribution in [3.8, 4) is 11.1 Å². The third kappa shape index (κ3) is 3.49. The molecule has 1 heteroatoms. The highest BCUT2D eigenvalue weighted by Crippen LogP contribution is 2.24. The molecule has 3 rings (SSSR count). The van der Waals surface area contributed by atoms with Crippen molar-refractivity contribution in [1.29, 1.82) is 0 Å². The second kappa shape index (κ2) is 6.53. The standard InChI is InChI=1S/C20H20O/c21-20(15-16-7-3-1-4-8-16)19-13-11-18(12-14-19)17-9-5-2-6-10-17/h2,5-6,9-15H,1,3-4,7-8H2. The first-order chi connectivity index (χ1) is 10.3. The van der Waals surface area contributed by atoms with Crippen LogP contribution in [0.25, 0.3) is 11.1 Å². The lowest BCUT2D eigenvalue weighted by molar-refractivity contribution is 0.104. The summed E-state index contributed by atoms with van der Waals surface area (Å²) >= 11 is 0. The third-order valence-corrected chi connectivity index (χ3v) is 4.11. The van der Waals surface area contributed by atoms with Gasteiger partial charge < -0.3 is 0 Å². The Labute approximate surface area is 126 Å². The summed E-state index contributed by atoms with van der Waals surface area (Å²) in [7, 11) is 0. The lowest BCUT2D eigenvalue weighted by atomic mass is 9.93. The molecule has 1 fully saturated rings. The van der Waals surface area contributed by atoms with E-state index in [4.69, 9.17) is 0 Å². The van der Waals surface area contributed by atoms with Crippen LogP contribution < -0.4 is 0 Å². The minimum Gasteiger partial charge on any atom is -0.289 e. The molecule has 0 heterocycles. The van der Waals surface area contributed by atoms with Gasteiger partial charge in [-0.25, -0.2) is 0 Å². The van der Waals surface area contributed by atoms with Crippen LogP contribution in [0.4, 0.5) is 0 Å². The van der Waals surface area contributed by atoms with Gasteiger partial charge >= 0.3 is 0 Å². The van der Waals surface area contributed by atoms with Gasteiger partial charge in [-0.1, -0.05) is 66.6 Å². The van der Waals surface area contributed by atoms with E-state index in [1.54, 1.807) is 0 Å². The zero-order valence-electron chi connectivity index (χ0n) is 12.2. The fourth-order valence-electron chi connectivity index (χ4n) is 2.88. The van der Waals surface area contributed by atoms with E-state index in [0.717, 1.165) is 24.0 Å². The molecule has 1 aliphatic rings. The Morgan fingerprint density at radius 1 is 0.762 bits per heavy atom. The first kappa shape index (κ1) is 13.8. The van der Waals surface area contributed by atoms with E-state index in [2.05, 4.69) is 12.1 Å². The molecule has 0 radical (unpaired) electrons. The fraction of sp³-hybridized carbons (Fsp3) is 0.250. The van der Waals surface area contributed by atoms with E-state index >= 15 is 0 Å². The number of hydrogen-bond acceptors (Lipinski definition) is 1. The van der Waals surface area contributed by atoms with Gasteiger partial charge in [0.05, 0.1) is 0 Å². The lowest BCUT2D eigenvalue weighted by Crippen LogP contribution is -2.00. The molecule has 0 bridgehead atoms. The van der Waals surface area contributed by atoms with E-state index < -0.39 is 0 Å². The SMILES string of the molecule is O=C(C=C1CCCCC1)c1ccc(-c2ccccc2)cc1. The summed E-state index contributed by atoms with van der Waals surface area (Å²) in [5.74, 6) is 0.145. The van der Waals surface area contributed by atoms with Crippen molar-refractivity contribution in [2.24, 2.45) is 0 Å². The van der Waals surface area contributed by atoms with Crippen LogP contribution in [0.15, 0.2) is 66.2 Å². The molecular formula is C20H20O. The molecule has 0 atom stereocenters. The third-order valence-electron chi connectivity index (χ3n) is 4.11. The Morgan fingerprint density at radius 3 is 2.05 bits per heavy atom. The maximum absolute atomic E-state index is 12.3. The van der Waals surface area contributed by atoms with Crippen molar-refractivity contribution in [2.75, 3.05) is 0 Å². The summed E-state index contributed by atoms with van der Waals surface area (Å²) in [6.07, 6.45) is 7.80. The molecule has 0 aromatic heterocycles. The topological polar surface area (TPSA) is 17.1 Å². The van der Waals surface area contributed by atoms with E-state index in [-0.39, 0.29) is 5.78 Å². The van der Waals surface area contributed by atoms with Crippen molar-refractivity contribution in [1.82, 2.24) is 0 Å². The van der Waals surface area contributed by atoms with E-state index in [0.29, 0.717) is 0 Å². The minimum absolute atomic E-state index is 0.145. The second-order valence-corrected chi connectivity index (χ2v) is 5.67. The Balaban J connectivity index is 1.76. The molecule has 1 nitrogen and oxygen atoms in total. The van der Waals surface area contributed by atoms with Crippen LogP contribution in [0.1, 0.15) is 42.5 Å². The van der Waals surface area contributed by atoms with Crippen LogP contribution >= 0.6 is 0 Å². The highest BCUT2D eigenvalue weighted by atomic mass is 16.1. The summed E-state index contributed by atoms with van der Waals surface area (Å²) in [4.78, 5) is 12.3. The molecule has 0 N–H and O–H groups in total. The van der Waals surface area contributed by atoms with Crippen LogP contribution in [-0.4, -0.2) is 5.78 Å². The monoisotopic (exact) mass is 276 g/mol. The lowest BCUT2D eigenvalue weighted by Gasteiger charge is -2.12. The van der Waals surface area contributed by atoms with Gasteiger partial charge in [-0.2, -0.15) is 0 Å². The highest BCUT2D eigenvalue weighted by molar-refractivity contribution is 6.05. The van der Waals surface area contributed by atoms with Gasteiger partial charge in [-0.15, -0.1) is 0 Å². The molecule has 0 spiro atoms. The van der Waals surface area contributed by atoms with Crippen molar-refractivity contribution in [3.05, 3.63) is 71.8 Å². The van der Waals surface area contributed by atoms with Gasteiger partial charge in [0.2, 0.25) is 0 Å². The molecule has 0 aliphatic heterocycles. The van der Waals surface area contributed by atoms with E-state index in [1.165, 1.54) is 30.4 Å². The van der Waals surface area contributed by atoms with Crippen molar-refractivity contribution >= 4 is 5.78 Å². The van der Waals surface area contributed by atoms with Gasteiger partial charge in [-0.3, -0.25) is 4.79 Å². The van der Waals surface area contributed by atoms with Crippen molar-refractivity contribution < 1.29 is 4.79 Å².